The number of hydrogen-bond donors (Lipinski definition) is 0. The third-order valence-electron chi connectivity index (χ3n) is 9.63. The Kier molecular flexibility index (Phi) is 9.53. The second kappa shape index (κ2) is 14.1. The number of aryl methyl sites for hydroxylation is 3. The van der Waals surface area contributed by atoms with E-state index in [1.807, 2.05) is 49.5 Å². The topological polar surface area (TPSA) is 56.7 Å². The second-order valence-electron chi connectivity index (χ2n) is 14.0. The molecule has 7 heteroatoms. The normalized spacial score (nSPS) is 11.5. The summed E-state index contributed by atoms with van der Waals surface area (Å²) in [6.45, 7) is 13.2. The summed E-state index contributed by atoms with van der Waals surface area (Å²) in [5, 5.41) is 5.83. The molecule has 0 unspecified atom stereocenters. The molecule has 0 fully saturated rings. The van der Waals surface area contributed by atoms with Gasteiger partial charge < -0.3 is 14.0 Å². The minimum absolute atomic E-state index is 0. The fourth-order valence-electron chi connectivity index (χ4n) is 6.76. The first-order chi connectivity index (χ1) is 24.7. The van der Waals surface area contributed by atoms with Crippen LogP contribution in [0.25, 0.3) is 72.1 Å². The minimum Gasteiger partial charge on any atom is -0.500 e. The van der Waals surface area contributed by atoms with E-state index < -0.39 is 8.07 Å². The summed E-state index contributed by atoms with van der Waals surface area (Å²) >= 11 is 0. The minimum atomic E-state index is -1.23. The van der Waals surface area contributed by atoms with Crippen LogP contribution in [0.15, 0.2) is 126 Å². The van der Waals surface area contributed by atoms with E-state index in [-0.39, 0.29) is 20.1 Å². The second-order valence-corrected chi connectivity index (χ2v) is 19.1. The fourth-order valence-corrected chi connectivity index (χ4v) is 7.79. The summed E-state index contributed by atoms with van der Waals surface area (Å²) in [5.41, 5.74) is 10.7. The molecule has 0 aliphatic carbocycles. The van der Waals surface area contributed by atoms with Gasteiger partial charge in [0.2, 0.25) is 0 Å². The first-order valence-electron chi connectivity index (χ1n) is 17.3. The molecule has 0 amide bonds. The van der Waals surface area contributed by atoms with Crippen LogP contribution in [0.2, 0.25) is 19.6 Å². The smallest absolute Gasteiger partial charge is 0.128 e. The monoisotopic (exact) mass is 871 g/mol. The molecule has 259 valence electrons. The summed E-state index contributed by atoms with van der Waals surface area (Å²) < 4.78 is 8.85. The van der Waals surface area contributed by atoms with Crippen LogP contribution in [0.4, 0.5) is 0 Å². The Balaban J connectivity index is 0.000000209. The molecule has 0 aliphatic rings. The Morgan fingerprint density at radius 3 is 2.13 bits per heavy atom. The van der Waals surface area contributed by atoms with Crippen molar-refractivity contribution < 1.29 is 24.5 Å². The standard InChI is InChI=1S/C31H22N3O.C14H16NSi.Ir/c1-18-19(2)32-20(3)27-28(18)34(22-11-5-4-6-12-22)31(33-27)26-15-9-14-24-25-17-16-21-10-7-8-13-23(21)29(25)35-30(24)26;1-16(2,3)13-9-10-14(15-11-13)12-7-5-4-6-8-12;/h4-14,16-17H,1-3H3;4-7,9-11H,1-3H3;/q2*-1;. The Morgan fingerprint density at radius 1 is 0.654 bits per heavy atom. The molecule has 0 spiro atoms. The van der Waals surface area contributed by atoms with Crippen LogP contribution in [0.1, 0.15) is 17.0 Å². The van der Waals surface area contributed by atoms with Crippen molar-refractivity contribution in [3.8, 4) is 28.3 Å². The molecule has 4 aromatic heterocycles. The van der Waals surface area contributed by atoms with Crippen LogP contribution < -0.4 is 5.19 Å². The molecular weight excluding hydrogens is 833 g/mol. The number of rotatable bonds is 4. The molecule has 0 aliphatic heterocycles. The van der Waals surface area contributed by atoms with Crippen molar-refractivity contribution in [2.75, 3.05) is 0 Å². The fraction of sp³-hybridized carbons (Fsp3) is 0.133. The molecule has 0 atom stereocenters. The Bertz CT molecular complexity index is 2690. The van der Waals surface area contributed by atoms with Crippen LogP contribution in [0.3, 0.4) is 0 Å². The van der Waals surface area contributed by atoms with E-state index >= 15 is 0 Å². The predicted molar refractivity (Wildman–Crippen MR) is 214 cm³/mol. The number of furan rings is 1. The molecule has 5 aromatic carbocycles. The van der Waals surface area contributed by atoms with Crippen molar-refractivity contribution in [3.63, 3.8) is 0 Å². The predicted octanol–water partition coefficient (Wildman–Crippen LogP) is 11.0. The zero-order valence-electron chi connectivity index (χ0n) is 30.1. The first kappa shape index (κ1) is 35.2. The van der Waals surface area contributed by atoms with Crippen molar-refractivity contribution in [2.24, 2.45) is 0 Å². The van der Waals surface area contributed by atoms with Crippen LogP contribution in [-0.4, -0.2) is 27.6 Å². The Labute approximate surface area is 318 Å². The molecule has 0 bridgehead atoms. The molecule has 4 heterocycles. The SMILES string of the molecule is C[Si](C)(C)c1ccc(-c2[c-]cccc2)nc1.Cc1nc(C)c2nc(-c3[c-]ccc4c3oc3c5ccccc5ccc43)n(-c3ccccc3)c2c1C.[Ir]. The van der Waals surface area contributed by atoms with Crippen LogP contribution >= 0.6 is 0 Å². The van der Waals surface area contributed by atoms with Crippen LogP contribution in [0, 0.1) is 32.9 Å². The molecule has 9 rings (SSSR count). The van der Waals surface area contributed by atoms with Gasteiger partial charge in [-0.3, -0.25) is 9.97 Å². The van der Waals surface area contributed by atoms with Gasteiger partial charge in [-0.05, 0) is 54.7 Å². The van der Waals surface area contributed by atoms with Crippen molar-refractivity contribution in [1.29, 1.82) is 0 Å². The molecule has 0 saturated heterocycles. The molecular formula is C45H38IrN4OSi-2. The van der Waals surface area contributed by atoms with Gasteiger partial charge >= 0.3 is 0 Å². The number of pyridine rings is 2. The van der Waals surface area contributed by atoms with Gasteiger partial charge in [0.25, 0.3) is 0 Å². The zero-order valence-corrected chi connectivity index (χ0v) is 33.5. The first-order valence-corrected chi connectivity index (χ1v) is 20.8. The van der Waals surface area contributed by atoms with E-state index in [2.05, 4.69) is 134 Å². The Hall–Kier alpha value is -5.20. The maximum absolute atomic E-state index is 6.62. The summed E-state index contributed by atoms with van der Waals surface area (Å²) in [7, 11) is -1.23. The Morgan fingerprint density at radius 2 is 1.40 bits per heavy atom. The average molecular weight is 871 g/mol. The van der Waals surface area contributed by atoms with Gasteiger partial charge in [0.15, 0.2) is 0 Å². The van der Waals surface area contributed by atoms with Crippen LogP contribution in [0.5, 0.6) is 0 Å². The number of para-hydroxylation sites is 1. The van der Waals surface area contributed by atoms with Gasteiger partial charge in [-0.15, -0.1) is 54.1 Å². The zero-order chi connectivity index (χ0) is 35.3. The maximum Gasteiger partial charge on any atom is 0.128 e. The van der Waals surface area contributed by atoms with Crippen LogP contribution in [-0.2, 0) is 20.1 Å². The third-order valence-corrected chi connectivity index (χ3v) is 11.7. The number of imidazole rings is 1. The van der Waals surface area contributed by atoms with Gasteiger partial charge in [0, 0.05) is 48.5 Å². The van der Waals surface area contributed by atoms with E-state index in [0.717, 1.165) is 89.0 Å². The maximum atomic E-state index is 6.62. The van der Waals surface area contributed by atoms with E-state index in [9.17, 15) is 0 Å². The molecule has 5 nitrogen and oxygen atoms in total. The van der Waals surface area contributed by atoms with Gasteiger partial charge in [-0.25, -0.2) is 0 Å². The summed E-state index contributed by atoms with van der Waals surface area (Å²) in [4.78, 5) is 14.4. The number of nitrogens with zero attached hydrogens (tertiary/aromatic N) is 4. The molecule has 9 aromatic rings. The molecule has 0 saturated carbocycles. The van der Waals surface area contributed by atoms with Crippen molar-refractivity contribution >= 4 is 57.0 Å². The third kappa shape index (κ3) is 6.30. The van der Waals surface area contributed by atoms with E-state index in [1.165, 1.54) is 5.19 Å². The van der Waals surface area contributed by atoms with E-state index in [0.29, 0.717) is 0 Å². The van der Waals surface area contributed by atoms with Crippen molar-refractivity contribution in [3.05, 3.63) is 151 Å². The molecule has 1 radical (unpaired) electrons. The summed E-state index contributed by atoms with van der Waals surface area (Å²) in [6, 6.07) is 46.0. The molecule has 52 heavy (non-hydrogen) atoms. The number of aromatic nitrogens is 4. The average Bonchev–Trinajstić information content (AvgIpc) is 3.75. The number of fused-ring (bicyclic) bond motifs is 6. The van der Waals surface area contributed by atoms with E-state index in [1.54, 1.807) is 0 Å². The van der Waals surface area contributed by atoms with Gasteiger partial charge in [-0.2, -0.15) is 0 Å². The number of benzene rings is 5. The van der Waals surface area contributed by atoms with Gasteiger partial charge in [0.1, 0.15) is 5.58 Å². The van der Waals surface area contributed by atoms with Crippen molar-refractivity contribution in [1.82, 2.24) is 19.5 Å². The van der Waals surface area contributed by atoms with Gasteiger partial charge in [-0.1, -0.05) is 97.3 Å². The summed E-state index contributed by atoms with van der Waals surface area (Å²) in [5.74, 6) is 0.804. The van der Waals surface area contributed by atoms with Crippen molar-refractivity contribution in [2.45, 2.75) is 40.4 Å². The largest absolute Gasteiger partial charge is 0.500 e. The van der Waals surface area contributed by atoms with E-state index in [4.69, 9.17) is 14.4 Å². The number of hydrogen-bond acceptors (Lipinski definition) is 4. The molecule has 0 N–H and O–H groups in total. The summed E-state index contributed by atoms with van der Waals surface area (Å²) in [6.07, 6.45) is 2.02. The quantitative estimate of drug-likeness (QED) is 0.131. The van der Waals surface area contributed by atoms with Gasteiger partial charge in [0.05, 0.1) is 36.2 Å².